The van der Waals surface area contributed by atoms with Gasteiger partial charge >= 0.3 is 0 Å². The minimum atomic E-state index is -0.0692. The molecular formula is C17H20ClN3O. The summed E-state index contributed by atoms with van der Waals surface area (Å²) in [6.45, 7) is 4.34. The molecule has 0 radical (unpaired) electrons. The molecule has 0 fully saturated rings. The van der Waals surface area contributed by atoms with Crippen LogP contribution in [-0.4, -0.2) is 20.5 Å². The van der Waals surface area contributed by atoms with Crippen molar-refractivity contribution in [3.63, 3.8) is 0 Å². The molecule has 4 nitrogen and oxygen atoms in total. The third-order valence-corrected chi connectivity index (χ3v) is 3.70. The Morgan fingerprint density at radius 1 is 1.32 bits per heavy atom. The molecular weight excluding hydrogens is 298 g/mol. The zero-order chi connectivity index (χ0) is 15.9. The van der Waals surface area contributed by atoms with E-state index in [1.165, 1.54) is 11.9 Å². The Labute approximate surface area is 135 Å². The van der Waals surface area contributed by atoms with Crippen LogP contribution < -0.4 is 0 Å². The molecule has 2 aromatic rings. The van der Waals surface area contributed by atoms with Crippen LogP contribution in [0.25, 0.3) is 0 Å². The Morgan fingerprint density at radius 3 is 2.64 bits per heavy atom. The van der Waals surface area contributed by atoms with Crippen LogP contribution in [0.5, 0.6) is 0 Å². The molecule has 0 aliphatic heterocycles. The van der Waals surface area contributed by atoms with E-state index in [1.54, 1.807) is 11.0 Å². The first kappa shape index (κ1) is 16.4. The maximum atomic E-state index is 12.6. The lowest BCUT2D eigenvalue weighted by Gasteiger charge is -2.14. The summed E-state index contributed by atoms with van der Waals surface area (Å²) in [4.78, 5) is 16.4. The van der Waals surface area contributed by atoms with Crippen molar-refractivity contribution in [2.45, 2.75) is 33.2 Å². The number of ketones is 1. The molecule has 1 aromatic carbocycles. The molecule has 0 spiro atoms. The minimum Gasteiger partial charge on any atom is -0.297 e. The van der Waals surface area contributed by atoms with Gasteiger partial charge in [-0.05, 0) is 44.4 Å². The summed E-state index contributed by atoms with van der Waals surface area (Å²) in [5.74, 6) is 0.0956. The van der Waals surface area contributed by atoms with Crippen molar-refractivity contribution in [1.82, 2.24) is 14.8 Å². The van der Waals surface area contributed by atoms with E-state index in [4.69, 9.17) is 11.6 Å². The second kappa shape index (κ2) is 7.90. The molecule has 1 heterocycles. The fourth-order valence-electron chi connectivity index (χ4n) is 2.21. The van der Waals surface area contributed by atoms with Gasteiger partial charge in [0.1, 0.15) is 19.2 Å². The first-order valence-electron chi connectivity index (χ1n) is 7.27. The number of allylic oxidation sites excluding steroid dienone is 2. The first-order valence-corrected chi connectivity index (χ1v) is 7.65. The monoisotopic (exact) mass is 317 g/mol. The van der Waals surface area contributed by atoms with Crippen LogP contribution in [0.15, 0.2) is 48.6 Å². The van der Waals surface area contributed by atoms with Crippen molar-refractivity contribution in [1.29, 1.82) is 0 Å². The molecule has 1 atom stereocenters. The zero-order valence-corrected chi connectivity index (χ0v) is 13.6. The van der Waals surface area contributed by atoms with Gasteiger partial charge in [0.05, 0.1) is 0 Å². The van der Waals surface area contributed by atoms with Gasteiger partial charge in [-0.3, -0.25) is 4.79 Å². The second-order valence-electron chi connectivity index (χ2n) is 5.60. The van der Waals surface area contributed by atoms with Gasteiger partial charge < -0.3 is 0 Å². The lowest BCUT2D eigenvalue weighted by molar-refractivity contribution is -0.123. The van der Waals surface area contributed by atoms with Crippen LogP contribution >= 0.6 is 11.6 Å². The van der Waals surface area contributed by atoms with Gasteiger partial charge in [0.15, 0.2) is 5.78 Å². The highest BCUT2D eigenvalue weighted by molar-refractivity contribution is 6.30. The largest absolute Gasteiger partial charge is 0.297 e. The number of nitrogens with zero attached hydrogens (tertiary/aromatic N) is 3. The highest BCUT2D eigenvalue weighted by Gasteiger charge is 2.18. The summed E-state index contributed by atoms with van der Waals surface area (Å²) < 4.78 is 1.57. The Bertz CT molecular complexity index is 628. The van der Waals surface area contributed by atoms with E-state index in [0.717, 1.165) is 12.0 Å². The van der Waals surface area contributed by atoms with Crippen molar-refractivity contribution in [3.05, 3.63) is 59.2 Å². The van der Waals surface area contributed by atoms with Gasteiger partial charge in [0, 0.05) is 10.9 Å². The molecule has 0 bridgehead atoms. The molecule has 0 saturated carbocycles. The SMILES string of the molecule is CC(C)=CCC(Cc1ccc(Cl)cc1)C(=O)Cn1cncn1. The average Bonchev–Trinajstić information content (AvgIpc) is 2.98. The highest BCUT2D eigenvalue weighted by atomic mass is 35.5. The molecule has 0 N–H and O–H groups in total. The van der Waals surface area contributed by atoms with E-state index in [9.17, 15) is 4.79 Å². The maximum absolute atomic E-state index is 12.6. The van der Waals surface area contributed by atoms with E-state index in [0.29, 0.717) is 11.4 Å². The Morgan fingerprint density at radius 2 is 2.05 bits per heavy atom. The maximum Gasteiger partial charge on any atom is 0.158 e. The van der Waals surface area contributed by atoms with Crippen molar-refractivity contribution >= 4 is 17.4 Å². The first-order chi connectivity index (χ1) is 10.5. The molecule has 1 unspecified atom stereocenters. The van der Waals surface area contributed by atoms with Gasteiger partial charge in [0.2, 0.25) is 0 Å². The van der Waals surface area contributed by atoms with Crippen LogP contribution in [0, 0.1) is 5.92 Å². The lowest BCUT2D eigenvalue weighted by Crippen LogP contribution is -2.22. The summed E-state index contributed by atoms with van der Waals surface area (Å²) >= 11 is 5.91. The van der Waals surface area contributed by atoms with Crippen molar-refractivity contribution in [2.24, 2.45) is 5.92 Å². The van der Waals surface area contributed by atoms with E-state index < -0.39 is 0 Å². The minimum absolute atomic E-state index is 0.0692. The van der Waals surface area contributed by atoms with Crippen molar-refractivity contribution in [2.75, 3.05) is 0 Å². The van der Waals surface area contributed by atoms with E-state index in [1.807, 2.05) is 38.1 Å². The van der Waals surface area contributed by atoms with Crippen LogP contribution in [0.4, 0.5) is 0 Å². The van der Waals surface area contributed by atoms with Crippen LogP contribution in [-0.2, 0) is 17.8 Å². The molecule has 116 valence electrons. The van der Waals surface area contributed by atoms with Gasteiger partial charge in [-0.1, -0.05) is 35.4 Å². The smallest absolute Gasteiger partial charge is 0.158 e. The third-order valence-electron chi connectivity index (χ3n) is 3.45. The number of Topliss-reactive ketones (excluding diaryl/α,β-unsaturated/α-hetero) is 1. The number of aromatic nitrogens is 3. The predicted molar refractivity (Wildman–Crippen MR) is 87.7 cm³/mol. The van der Waals surface area contributed by atoms with Gasteiger partial charge in [0.25, 0.3) is 0 Å². The Kier molecular flexibility index (Phi) is 5.90. The summed E-state index contributed by atoms with van der Waals surface area (Å²) in [7, 11) is 0. The lowest BCUT2D eigenvalue weighted by atomic mass is 9.91. The standard InChI is InChI=1S/C17H20ClN3O/c1-13(2)3-6-15(9-14-4-7-16(18)8-5-14)17(22)10-21-12-19-11-20-21/h3-5,7-8,11-12,15H,6,9-10H2,1-2H3. The summed E-state index contributed by atoms with van der Waals surface area (Å²) in [6, 6.07) is 7.66. The Hall–Kier alpha value is -1.94. The molecule has 5 heteroatoms. The van der Waals surface area contributed by atoms with E-state index >= 15 is 0 Å². The normalized spacial score (nSPS) is 12.0. The molecule has 0 saturated heterocycles. The van der Waals surface area contributed by atoms with Crippen molar-refractivity contribution < 1.29 is 4.79 Å². The fraction of sp³-hybridized carbons (Fsp3) is 0.353. The number of hydrogen-bond donors (Lipinski definition) is 0. The summed E-state index contributed by atoms with van der Waals surface area (Å²) in [6.07, 6.45) is 6.56. The van der Waals surface area contributed by atoms with Gasteiger partial charge in [-0.2, -0.15) is 5.10 Å². The van der Waals surface area contributed by atoms with Crippen molar-refractivity contribution in [3.8, 4) is 0 Å². The summed E-state index contributed by atoms with van der Waals surface area (Å²) in [5, 5.41) is 4.71. The number of carbonyl (C=O) groups excluding carboxylic acids is 1. The number of benzene rings is 1. The molecule has 0 aliphatic rings. The average molecular weight is 318 g/mol. The van der Waals surface area contributed by atoms with E-state index in [2.05, 4.69) is 16.2 Å². The number of halogens is 1. The zero-order valence-electron chi connectivity index (χ0n) is 12.9. The predicted octanol–water partition coefficient (Wildman–Crippen LogP) is 3.72. The Balaban J connectivity index is 2.09. The molecule has 22 heavy (non-hydrogen) atoms. The second-order valence-corrected chi connectivity index (χ2v) is 6.04. The molecule has 1 aromatic heterocycles. The number of hydrogen-bond acceptors (Lipinski definition) is 3. The number of rotatable bonds is 7. The molecule has 0 aliphatic carbocycles. The van der Waals surface area contributed by atoms with Crippen LogP contribution in [0.1, 0.15) is 25.8 Å². The van der Waals surface area contributed by atoms with Gasteiger partial charge in [-0.25, -0.2) is 9.67 Å². The quantitative estimate of drug-likeness (QED) is 0.731. The van der Waals surface area contributed by atoms with Crippen LogP contribution in [0.3, 0.4) is 0 Å². The summed E-state index contributed by atoms with van der Waals surface area (Å²) in [5.41, 5.74) is 2.33. The number of carbonyl (C=O) groups is 1. The highest BCUT2D eigenvalue weighted by Crippen LogP contribution is 2.18. The molecule has 0 amide bonds. The van der Waals surface area contributed by atoms with Crippen LogP contribution in [0.2, 0.25) is 5.02 Å². The topological polar surface area (TPSA) is 47.8 Å². The third kappa shape index (κ3) is 5.11. The molecule has 2 rings (SSSR count). The fourth-order valence-corrected chi connectivity index (χ4v) is 2.34. The van der Waals surface area contributed by atoms with E-state index in [-0.39, 0.29) is 18.2 Å². The van der Waals surface area contributed by atoms with Gasteiger partial charge in [-0.15, -0.1) is 0 Å².